The van der Waals surface area contributed by atoms with E-state index in [4.69, 9.17) is 15.2 Å². The Labute approximate surface area is 225 Å². The van der Waals surface area contributed by atoms with Crippen molar-refractivity contribution in [3.8, 4) is 17.4 Å². The Bertz CT molecular complexity index is 1490. The number of amides is 1. The molecule has 0 bridgehead atoms. The quantitative estimate of drug-likeness (QED) is 0.175. The van der Waals surface area contributed by atoms with Gasteiger partial charge in [0.1, 0.15) is 11.8 Å². The number of nitrogens with two attached hydrogens (primary N) is 1. The summed E-state index contributed by atoms with van der Waals surface area (Å²) in [5, 5.41) is 12.3. The lowest BCUT2D eigenvalue weighted by Gasteiger charge is -2.19. The van der Waals surface area contributed by atoms with Gasteiger partial charge in [0.05, 0.1) is 24.4 Å². The van der Waals surface area contributed by atoms with Crippen LogP contribution in [0.15, 0.2) is 59.8 Å². The first-order valence-electron chi connectivity index (χ1n) is 11.8. The molecule has 13 heteroatoms. The summed E-state index contributed by atoms with van der Waals surface area (Å²) in [4.78, 5) is 45.4. The van der Waals surface area contributed by atoms with E-state index >= 15 is 0 Å². The average molecular weight is 556 g/mol. The largest absolute Gasteiger partial charge is 0.494 e. The van der Waals surface area contributed by atoms with Crippen molar-refractivity contribution in [1.82, 2.24) is 20.3 Å². The number of benzene rings is 2. The van der Waals surface area contributed by atoms with Gasteiger partial charge in [0.15, 0.2) is 11.6 Å². The number of hydrogen-bond donors (Lipinski definition) is 5. The maximum Gasteiger partial charge on any atom is 0.328 e. The van der Waals surface area contributed by atoms with Gasteiger partial charge in [-0.3, -0.25) is 14.6 Å². The second-order valence-electron chi connectivity index (χ2n) is 8.65. The number of carbonyl (C=O) groups is 2. The summed E-state index contributed by atoms with van der Waals surface area (Å²) >= 11 is 0.928. The van der Waals surface area contributed by atoms with Crippen LogP contribution in [0.25, 0.3) is 0 Å². The van der Waals surface area contributed by atoms with Gasteiger partial charge >= 0.3 is 10.8 Å². The van der Waals surface area contributed by atoms with Crippen molar-refractivity contribution >= 4 is 23.2 Å². The van der Waals surface area contributed by atoms with Crippen molar-refractivity contribution < 1.29 is 28.6 Å². The third-order valence-electron chi connectivity index (χ3n) is 5.79. The summed E-state index contributed by atoms with van der Waals surface area (Å²) in [6.45, 7) is 0. The van der Waals surface area contributed by atoms with Gasteiger partial charge in [-0.15, -0.1) is 0 Å². The molecule has 0 aliphatic carbocycles. The van der Waals surface area contributed by atoms with Gasteiger partial charge in [0, 0.05) is 31.2 Å². The summed E-state index contributed by atoms with van der Waals surface area (Å²) in [6.07, 6.45) is 3.53. The molecule has 11 nitrogen and oxygen atoms in total. The summed E-state index contributed by atoms with van der Waals surface area (Å²) in [6, 6.07) is 8.98. The average Bonchev–Trinajstić information content (AvgIpc) is 3.54. The molecule has 4 aromatic rings. The fourth-order valence-electron chi connectivity index (χ4n) is 3.79. The molecule has 0 aliphatic heterocycles. The lowest BCUT2D eigenvalue weighted by Crippen LogP contribution is -2.50. The van der Waals surface area contributed by atoms with Crippen molar-refractivity contribution in [2.45, 2.75) is 31.3 Å². The molecule has 0 spiro atoms. The van der Waals surface area contributed by atoms with Crippen LogP contribution >= 0.6 is 11.3 Å². The fourth-order valence-corrected chi connectivity index (χ4v) is 4.55. The van der Waals surface area contributed by atoms with Crippen LogP contribution in [0.3, 0.4) is 0 Å². The second-order valence-corrected chi connectivity index (χ2v) is 9.72. The zero-order valence-corrected chi connectivity index (χ0v) is 21.6. The highest BCUT2D eigenvalue weighted by Gasteiger charge is 2.25. The van der Waals surface area contributed by atoms with Crippen molar-refractivity contribution in [2.75, 3.05) is 7.11 Å². The monoisotopic (exact) mass is 555 g/mol. The molecule has 0 fully saturated rings. The third kappa shape index (κ3) is 7.30. The number of esters is 1. The molecular weight excluding hydrogens is 529 g/mol. The van der Waals surface area contributed by atoms with Crippen LogP contribution in [0.4, 0.5) is 4.39 Å². The van der Waals surface area contributed by atoms with Gasteiger partial charge in [0.2, 0.25) is 11.8 Å². The third-order valence-corrected chi connectivity index (χ3v) is 6.66. The van der Waals surface area contributed by atoms with Gasteiger partial charge in [-0.25, -0.2) is 14.2 Å². The van der Waals surface area contributed by atoms with Gasteiger partial charge in [-0.2, -0.15) is 0 Å². The minimum Gasteiger partial charge on any atom is -0.494 e. The summed E-state index contributed by atoms with van der Waals surface area (Å²) in [7, 11) is 1.19. The lowest BCUT2D eigenvalue weighted by molar-refractivity contribution is -0.145. The molecule has 2 atom stereocenters. The van der Waals surface area contributed by atoms with Gasteiger partial charge in [-0.1, -0.05) is 29.5 Å². The minimum atomic E-state index is -1.08. The molecule has 4 rings (SSSR count). The van der Waals surface area contributed by atoms with E-state index in [1.54, 1.807) is 36.5 Å². The van der Waals surface area contributed by atoms with Crippen molar-refractivity contribution in [3.05, 3.63) is 92.2 Å². The van der Waals surface area contributed by atoms with Gasteiger partial charge in [0.25, 0.3) is 0 Å². The summed E-state index contributed by atoms with van der Waals surface area (Å²) < 4.78 is 25.3. The van der Waals surface area contributed by atoms with Crippen LogP contribution in [0.1, 0.15) is 21.7 Å². The Kier molecular flexibility index (Phi) is 8.74. The molecule has 0 saturated heterocycles. The molecule has 0 saturated carbocycles. The normalized spacial score (nSPS) is 12.5. The zero-order valence-electron chi connectivity index (χ0n) is 20.8. The number of imidazole rings is 1. The summed E-state index contributed by atoms with van der Waals surface area (Å²) in [5.74, 6) is -1.73. The first-order chi connectivity index (χ1) is 18.7. The Morgan fingerprint density at radius 3 is 2.54 bits per heavy atom. The first-order valence-corrected chi connectivity index (χ1v) is 12.6. The van der Waals surface area contributed by atoms with E-state index < -0.39 is 29.8 Å². The van der Waals surface area contributed by atoms with Gasteiger partial charge < -0.3 is 30.6 Å². The number of methoxy groups -OCH3 is 1. The van der Waals surface area contributed by atoms with Crippen LogP contribution in [0.2, 0.25) is 0 Å². The lowest BCUT2D eigenvalue weighted by atomic mass is 10.0. The maximum absolute atomic E-state index is 14.9. The topological polar surface area (TPSA) is 172 Å². The highest BCUT2D eigenvalue weighted by Crippen LogP contribution is 2.27. The number of halogens is 1. The number of nitrogens with one attached hydrogen (secondary N) is 3. The molecule has 0 aliphatic rings. The molecule has 2 heterocycles. The molecule has 2 unspecified atom stereocenters. The van der Waals surface area contributed by atoms with Crippen LogP contribution in [0, 0.1) is 5.82 Å². The number of rotatable bonds is 11. The number of nitrogens with zero attached hydrogens (tertiary/aromatic N) is 1. The number of H-pyrrole nitrogens is 2. The first kappa shape index (κ1) is 27.5. The van der Waals surface area contributed by atoms with Crippen LogP contribution in [0.5, 0.6) is 17.4 Å². The maximum atomic E-state index is 14.9. The Hall–Kier alpha value is -4.49. The standard InChI is InChI=1S/C26H26FN5O6S/c1-37-25(35)20(31-23(33)19(28)11-16-12-29-13-30-16)9-15-4-7-21(18(27)8-15)38-17-5-2-14(3-6-17)10-22-24(34)32-26(36)39-22/h2-8,12-13,19-20,34H,9-11,28H2,1H3,(H,29,30)(H,31,33)(H,32,36). The minimum absolute atomic E-state index is 0.0286. The number of hydrogen-bond acceptors (Lipinski definition) is 9. The number of aromatic hydroxyl groups is 1. The Balaban J connectivity index is 1.38. The smallest absolute Gasteiger partial charge is 0.328 e. The van der Waals surface area contributed by atoms with E-state index in [-0.39, 0.29) is 29.3 Å². The van der Waals surface area contributed by atoms with Crippen LogP contribution in [-0.2, 0) is 33.6 Å². The SMILES string of the molecule is COC(=O)C(Cc1ccc(Oc2ccc(Cc3sc(=O)[nH]c3O)cc2)c(F)c1)NC(=O)C(N)Cc1cnc[nH]1. The van der Waals surface area contributed by atoms with E-state index in [0.29, 0.717) is 28.3 Å². The molecule has 0 radical (unpaired) electrons. The predicted octanol–water partition coefficient (Wildman–Crippen LogP) is 2.16. The highest BCUT2D eigenvalue weighted by molar-refractivity contribution is 7.09. The fraction of sp³-hybridized carbons (Fsp3) is 0.231. The number of aromatic amines is 2. The molecule has 2 aromatic carbocycles. The van der Waals surface area contributed by atoms with E-state index in [1.807, 2.05) is 0 Å². The molecule has 39 heavy (non-hydrogen) atoms. The predicted molar refractivity (Wildman–Crippen MR) is 140 cm³/mol. The number of thiazole rings is 1. The van der Waals surface area contributed by atoms with Crippen molar-refractivity contribution in [2.24, 2.45) is 5.73 Å². The second kappa shape index (κ2) is 12.4. The van der Waals surface area contributed by atoms with Gasteiger partial charge in [-0.05, 0) is 35.4 Å². The van der Waals surface area contributed by atoms with E-state index in [9.17, 15) is 23.9 Å². The number of ether oxygens (including phenoxy) is 2. The number of carbonyl (C=O) groups excluding carboxylic acids is 2. The van der Waals surface area contributed by atoms with E-state index in [2.05, 4.69) is 20.3 Å². The van der Waals surface area contributed by atoms with Crippen LogP contribution in [-0.4, -0.2) is 51.1 Å². The van der Waals surface area contributed by atoms with E-state index in [1.165, 1.54) is 25.6 Å². The zero-order chi connectivity index (χ0) is 27.9. The number of aromatic nitrogens is 3. The molecule has 204 valence electrons. The van der Waals surface area contributed by atoms with Crippen molar-refractivity contribution in [3.63, 3.8) is 0 Å². The molecule has 2 aromatic heterocycles. The Morgan fingerprint density at radius 1 is 1.18 bits per heavy atom. The van der Waals surface area contributed by atoms with Crippen LogP contribution < -0.4 is 20.7 Å². The summed E-state index contributed by atoms with van der Waals surface area (Å²) in [5.41, 5.74) is 7.87. The molecular formula is C26H26FN5O6S. The molecule has 6 N–H and O–H groups in total. The van der Waals surface area contributed by atoms with Crippen molar-refractivity contribution in [1.29, 1.82) is 0 Å². The highest BCUT2D eigenvalue weighted by atomic mass is 32.1. The van der Waals surface area contributed by atoms with E-state index in [0.717, 1.165) is 16.9 Å². The Morgan fingerprint density at radius 2 is 1.92 bits per heavy atom. The molecule has 1 amide bonds.